The molecule has 0 aliphatic carbocycles. The molecular weight excluding hydrogens is 253 g/mol. The van der Waals surface area contributed by atoms with Crippen LogP contribution in [-0.4, -0.2) is 13.7 Å². The highest BCUT2D eigenvalue weighted by Gasteiger charge is 2.17. The van der Waals surface area contributed by atoms with Crippen molar-refractivity contribution in [3.63, 3.8) is 0 Å². The van der Waals surface area contributed by atoms with Gasteiger partial charge in [-0.3, -0.25) is 0 Å². The van der Waals surface area contributed by atoms with Gasteiger partial charge in [-0.05, 0) is 36.7 Å². The maximum atomic E-state index is 14.0. The van der Waals surface area contributed by atoms with E-state index in [-0.39, 0.29) is 11.9 Å². The lowest BCUT2D eigenvalue weighted by atomic mass is 9.97. The molecule has 2 nitrogen and oxygen atoms in total. The van der Waals surface area contributed by atoms with Gasteiger partial charge in [-0.1, -0.05) is 37.3 Å². The summed E-state index contributed by atoms with van der Waals surface area (Å²) in [4.78, 5) is 0. The molecule has 1 N–H and O–H groups in total. The topological polar surface area (TPSA) is 21.3 Å². The zero-order valence-corrected chi connectivity index (χ0v) is 12.1. The second kappa shape index (κ2) is 6.53. The summed E-state index contributed by atoms with van der Waals surface area (Å²) >= 11 is 0. The van der Waals surface area contributed by atoms with Crippen LogP contribution in [0.1, 0.15) is 29.7 Å². The van der Waals surface area contributed by atoms with Gasteiger partial charge in [0.1, 0.15) is 11.6 Å². The number of methoxy groups -OCH3 is 1. The zero-order chi connectivity index (χ0) is 14.5. The Kier molecular flexibility index (Phi) is 4.74. The minimum atomic E-state index is -0.196. The fourth-order valence-electron chi connectivity index (χ4n) is 2.34. The summed E-state index contributed by atoms with van der Waals surface area (Å²) in [7, 11) is 1.65. The smallest absolute Gasteiger partial charge is 0.128 e. The second-order valence-electron chi connectivity index (χ2n) is 4.74. The van der Waals surface area contributed by atoms with E-state index in [0.717, 1.165) is 23.4 Å². The van der Waals surface area contributed by atoms with Crippen molar-refractivity contribution in [2.24, 2.45) is 0 Å². The molecule has 0 aromatic heterocycles. The Labute approximate surface area is 119 Å². The van der Waals surface area contributed by atoms with Crippen LogP contribution in [0.25, 0.3) is 0 Å². The maximum Gasteiger partial charge on any atom is 0.128 e. The van der Waals surface area contributed by atoms with Crippen LogP contribution in [0.4, 0.5) is 4.39 Å². The molecular formula is C17H20FNO. The van der Waals surface area contributed by atoms with Crippen LogP contribution < -0.4 is 10.1 Å². The average molecular weight is 273 g/mol. The Morgan fingerprint density at radius 3 is 2.60 bits per heavy atom. The lowest BCUT2D eigenvalue weighted by Crippen LogP contribution is -2.23. The molecule has 0 aliphatic heterocycles. The van der Waals surface area contributed by atoms with Crippen LogP contribution in [0.3, 0.4) is 0 Å². The predicted octanol–water partition coefficient (Wildman–Crippen LogP) is 3.84. The van der Waals surface area contributed by atoms with E-state index in [1.807, 2.05) is 44.2 Å². The first-order valence-corrected chi connectivity index (χ1v) is 6.79. The van der Waals surface area contributed by atoms with Crippen LogP contribution in [-0.2, 0) is 0 Å². The van der Waals surface area contributed by atoms with Crippen LogP contribution in [0.2, 0.25) is 0 Å². The Morgan fingerprint density at radius 2 is 1.95 bits per heavy atom. The highest BCUT2D eigenvalue weighted by Crippen LogP contribution is 2.28. The summed E-state index contributed by atoms with van der Waals surface area (Å²) in [6.45, 7) is 4.77. The van der Waals surface area contributed by atoms with Crippen molar-refractivity contribution < 1.29 is 9.13 Å². The number of aryl methyl sites for hydroxylation is 1. The Hall–Kier alpha value is -1.87. The zero-order valence-electron chi connectivity index (χ0n) is 12.1. The third-order valence-electron chi connectivity index (χ3n) is 3.39. The van der Waals surface area contributed by atoms with Crippen LogP contribution in [0.5, 0.6) is 5.75 Å². The SMILES string of the molecule is CCNC(c1ccc(C)c(OC)c1)c1ccccc1F. The largest absolute Gasteiger partial charge is 0.496 e. The number of ether oxygens (including phenoxy) is 1. The molecule has 20 heavy (non-hydrogen) atoms. The number of nitrogens with one attached hydrogen (secondary N) is 1. The molecule has 106 valence electrons. The van der Waals surface area contributed by atoms with E-state index in [1.165, 1.54) is 6.07 Å². The average Bonchev–Trinajstić information content (AvgIpc) is 2.46. The summed E-state index contributed by atoms with van der Waals surface area (Å²) in [6.07, 6.45) is 0. The Balaban J connectivity index is 2.46. The monoisotopic (exact) mass is 273 g/mol. The Morgan fingerprint density at radius 1 is 1.20 bits per heavy atom. The quantitative estimate of drug-likeness (QED) is 0.893. The minimum absolute atomic E-state index is 0.171. The first-order chi connectivity index (χ1) is 9.67. The van der Waals surface area contributed by atoms with E-state index in [0.29, 0.717) is 5.56 Å². The third-order valence-corrected chi connectivity index (χ3v) is 3.39. The molecule has 0 fully saturated rings. The fraction of sp³-hybridized carbons (Fsp3) is 0.294. The standard InChI is InChI=1S/C17H20FNO/c1-4-19-17(14-7-5-6-8-15(14)18)13-10-9-12(2)16(11-13)20-3/h5-11,17,19H,4H2,1-3H3. The van der Waals surface area contributed by atoms with Crippen molar-refractivity contribution >= 4 is 0 Å². The van der Waals surface area contributed by atoms with Crippen molar-refractivity contribution in [1.29, 1.82) is 0 Å². The number of rotatable bonds is 5. The summed E-state index contributed by atoms with van der Waals surface area (Å²) < 4.78 is 19.4. The van der Waals surface area contributed by atoms with E-state index < -0.39 is 0 Å². The predicted molar refractivity (Wildman–Crippen MR) is 79.7 cm³/mol. The first kappa shape index (κ1) is 14.5. The van der Waals surface area contributed by atoms with E-state index in [9.17, 15) is 4.39 Å². The first-order valence-electron chi connectivity index (χ1n) is 6.79. The van der Waals surface area contributed by atoms with Crippen molar-refractivity contribution in [2.45, 2.75) is 19.9 Å². The summed E-state index contributed by atoms with van der Waals surface area (Å²) in [6, 6.07) is 12.7. The van der Waals surface area contributed by atoms with Crippen molar-refractivity contribution in [1.82, 2.24) is 5.32 Å². The number of hydrogen-bond donors (Lipinski definition) is 1. The molecule has 3 heteroatoms. The summed E-state index contributed by atoms with van der Waals surface area (Å²) in [5, 5.41) is 3.33. The van der Waals surface area contributed by atoms with Crippen molar-refractivity contribution in [2.75, 3.05) is 13.7 Å². The summed E-state index contributed by atoms with van der Waals surface area (Å²) in [5.74, 6) is 0.625. The summed E-state index contributed by atoms with van der Waals surface area (Å²) in [5.41, 5.74) is 2.72. The van der Waals surface area contributed by atoms with Gasteiger partial charge in [-0.15, -0.1) is 0 Å². The second-order valence-corrected chi connectivity index (χ2v) is 4.74. The lowest BCUT2D eigenvalue weighted by Gasteiger charge is -2.20. The third kappa shape index (κ3) is 2.99. The molecule has 0 bridgehead atoms. The van der Waals surface area contributed by atoms with Gasteiger partial charge in [0.05, 0.1) is 13.2 Å². The molecule has 0 spiro atoms. The van der Waals surface area contributed by atoms with Gasteiger partial charge in [0.2, 0.25) is 0 Å². The number of benzene rings is 2. The fourth-order valence-corrected chi connectivity index (χ4v) is 2.34. The number of halogens is 1. The maximum absolute atomic E-state index is 14.0. The molecule has 1 unspecified atom stereocenters. The molecule has 0 aliphatic rings. The van der Waals surface area contributed by atoms with Gasteiger partial charge in [0.25, 0.3) is 0 Å². The normalized spacial score (nSPS) is 12.2. The number of hydrogen-bond acceptors (Lipinski definition) is 2. The van der Waals surface area contributed by atoms with Crippen molar-refractivity contribution in [3.05, 3.63) is 65.0 Å². The molecule has 0 radical (unpaired) electrons. The molecule has 0 saturated carbocycles. The van der Waals surface area contributed by atoms with Gasteiger partial charge in [-0.2, -0.15) is 0 Å². The van der Waals surface area contributed by atoms with Crippen LogP contribution in [0.15, 0.2) is 42.5 Å². The van der Waals surface area contributed by atoms with Crippen molar-refractivity contribution in [3.8, 4) is 5.75 Å². The van der Waals surface area contributed by atoms with Gasteiger partial charge in [-0.25, -0.2) is 4.39 Å². The van der Waals surface area contributed by atoms with E-state index in [4.69, 9.17) is 4.74 Å². The lowest BCUT2D eigenvalue weighted by molar-refractivity contribution is 0.410. The van der Waals surface area contributed by atoms with Gasteiger partial charge in [0.15, 0.2) is 0 Å². The highest BCUT2D eigenvalue weighted by molar-refractivity contribution is 5.41. The molecule has 2 aromatic carbocycles. The van der Waals surface area contributed by atoms with E-state index >= 15 is 0 Å². The van der Waals surface area contributed by atoms with Crippen LogP contribution in [0, 0.1) is 12.7 Å². The molecule has 1 atom stereocenters. The molecule has 0 amide bonds. The molecule has 0 saturated heterocycles. The minimum Gasteiger partial charge on any atom is -0.496 e. The molecule has 0 heterocycles. The van der Waals surface area contributed by atoms with E-state index in [1.54, 1.807) is 13.2 Å². The molecule has 2 aromatic rings. The highest BCUT2D eigenvalue weighted by atomic mass is 19.1. The Bertz CT molecular complexity index is 583. The molecule has 2 rings (SSSR count). The van der Waals surface area contributed by atoms with Gasteiger partial charge >= 0.3 is 0 Å². The van der Waals surface area contributed by atoms with E-state index in [2.05, 4.69) is 5.32 Å². The van der Waals surface area contributed by atoms with Gasteiger partial charge in [0, 0.05) is 5.56 Å². The van der Waals surface area contributed by atoms with Crippen LogP contribution >= 0.6 is 0 Å². The van der Waals surface area contributed by atoms with Gasteiger partial charge < -0.3 is 10.1 Å².